The van der Waals surface area contributed by atoms with Gasteiger partial charge in [0, 0.05) is 5.75 Å². The Morgan fingerprint density at radius 3 is 2.40 bits per heavy atom. The van der Waals surface area contributed by atoms with Gasteiger partial charge in [0.1, 0.15) is 6.04 Å². The molecule has 1 atom stereocenters. The van der Waals surface area contributed by atoms with E-state index in [1.165, 1.54) is 5.56 Å². The average Bonchev–Trinajstić information content (AvgIpc) is 2.21. The van der Waals surface area contributed by atoms with Gasteiger partial charge < -0.3 is 10.8 Å². The lowest BCUT2D eigenvalue weighted by molar-refractivity contribution is -0.138. The number of thioether (sulfide) groups is 1. The third kappa shape index (κ3) is 3.93. The highest BCUT2D eigenvalue weighted by Crippen LogP contribution is 2.11. The molecule has 0 amide bonds. The van der Waals surface area contributed by atoms with Crippen LogP contribution in [-0.2, 0) is 17.0 Å². The summed E-state index contributed by atoms with van der Waals surface area (Å²) in [6, 6.07) is 7.10. The van der Waals surface area contributed by atoms with E-state index >= 15 is 0 Å². The normalized spacial score (nSPS) is 12.4. The summed E-state index contributed by atoms with van der Waals surface area (Å²) >= 11 is 1.76. The Labute approximate surface area is 93.7 Å². The van der Waals surface area contributed by atoms with Crippen molar-refractivity contribution < 1.29 is 9.90 Å². The predicted octanol–water partition coefficient (Wildman–Crippen LogP) is 1.50. The molecular formula is C11H15NO2S. The van der Waals surface area contributed by atoms with Gasteiger partial charge in [-0.1, -0.05) is 24.3 Å². The van der Waals surface area contributed by atoms with Gasteiger partial charge in [-0.3, -0.25) is 4.79 Å². The second-order valence-electron chi connectivity index (χ2n) is 3.40. The van der Waals surface area contributed by atoms with Gasteiger partial charge in [-0.15, -0.1) is 0 Å². The van der Waals surface area contributed by atoms with Crippen molar-refractivity contribution >= 4 is 17.7 Å². The van der Waals surface area contributed by atoms with Crippen molar-refractivity contribution in [2.45, 2.75) is 18.2 Å². The molecule has 1 rings (SSSR count). The summed E-state index contributed by atoms with van der Waals surface area (Å²) < 4.78 is 0. The molecule has 0 spiro atoms. The number of benzene rings is 1. The zero-order valence-electron chi connectivity index (χ0n) is 8.64. The molecule has 0 aliphatic heterocycles. The maximum Gasteiger partial charge on any atom is 0.320 e. The first-order valence-electron chi connectivity index (χ1n) is 4.68. The number of hydrogen-bond acceptors (Lipinski definition) is 3. The first-order valence-corrected chi connectivity index (χ1v) is 6.08. The van der Waals surface area contributed by atoms with Crippen LogP contribution in [-0.4, -0.2) is 23.4 Å². The molecule has 0 saturated heterocycles. The summed E-state index contributed by atoms with van der Waals surface area (Å²) in [5.41, 5.74) is 7.65. The summed E-state index contributed by atoms with van der Waals surface area (Å²) in [5.74, 6) is 0.0221. The molecule has 0 aliphatic rings. The number of hydrogen-bond donors (Lipinski definition) is 2. The molecule has 1 aromatic rings. The van der Waals surface area contributed by atoms with Crippen molar-refractivity contribution in [1.29, 1.82) is 0 Å². The lowest BCUT2D eigenvalue weighted by Gasteiger charge is -2.06. The van der Waals surface area contributed by atoms with E-state index in [0.29, 0.717) is 6.42 Å². The second kappa shape index (κ2) is 5.78. The Morgan fingerprint density at radius 1 is 1.40 bits per heavy atom. The lowest BCUT2D eigenvalue weighted by Crippen LogP contribution is -2.32. The van der Waals surface area contributed by atoms with Crippen molar-refractivity contribution in [1.82, 2.24) is 0 Å². The van der Waals surface area contributed by atoms with Gasteiger partial charge in [0.15, 0.2) is 0 Å². The van der Waals surface area contributed by atoms with Crippen LogP contribution < -0.4 is 5.73 Å². The number of carboxylic acid groups (broad SMARTS) is 1. The molecule has 0 aliphatic carbocycles. The van der Waals surface area contributed by atoms with E-state index < -0.39 is 12.0 Å². The van der Waals surface area contributed by atoms with Crippen LogP contribution in [0.5, 0.6) is 0 Å². The van der Waals surface area contributed by atoms with Crippen molar-refractivity contribution in [2.75, 3.05) is 6.26 Å². The molecule has 1 unspecified atom stereocenters. The van der Waals surface area contributed by atoms with Crippen LogP contribution >= 0.6 is 11.8 Å². The molecule has 0 fully saturated rings. The summed E-state index contributed by atoms with van der Waals surface area (Å²) in [7, 11) is 0. The quantitative estimate of drug-likeness (QED) is 0.797. The molecule has 0 saturated carbocycles. The van der Waals surface area contributed by atoms with Gasteiger partial charge in [0.25, 0.3) is 0 Å². The highest BCUT2D eigenvalue weighted by molar-refractivity contribution is 7.97. The SMILES string of the molecule is CSCc1ccc(CC(N)C(=O)O)cc1. The summed E-state index contributed by atoms with van der Waals surface area (Å²) in [4.78, 5) is 10.5. The third-order valence-corrected chi connectivity index (χ3v) is 2.73. The van der Waals surface area contributed by atoms with Gasteiger partial charge in [-0.2, -0.15) is 11.8 Å². The van der Waals surface area contributed by atoms with E-state index in [-0.39, 0.29) is 0 Å². The van der Waals surface area contributed by atoms with Crippen LogP contribution in [0.3, 0.4) is 0 Å². The maximum absolute atomic E-state index is 10.5. The Balaban J connectivity index is 2.60. The van der Waals surface area contributed by atoms with Crippen molar-refractivity contribution in [3.8, 4) is 0 Å². The summed E-state index contributed by atoms with van der Waals surface area (Å²) in [5, 5.41) is 8.65. The molecule has 4 heteroatoms. The standard InChI is InChI=1S/C11H15NO2S/c1-15-7-9-4-2-8(3-5-9)6-10(12)11(13)14/h2-5,10H,6-7,12H2,1H3,(H,13,14). The molecule has 0 heterocycles. The zero-order valence-corrected chi connectivity index (χ0v) is 9.46. The number of aliphatic carboxylic acids is 1. The largest absolute Gasteiger partial charge is 0.480 e. The number of rotatable bonds is 5. The Morgan fingerprint density at radius 2 is 1.93 bits per heavy atom. The van der Waals surface area contributed by atoms with E-state index in [0.717, 1.165) is 11.3 Å². The van der Waals surface area contributed by atoms with Crippen LogP contribution in [0.2, 0.25) is 0 Å². The monoisotopic (exact) mass is 225 g/mol. The molecule has 82 valence electrons. The van der Waals surface area contributed by atoms with Crippen LogP contribution in [0.1, 0.15) is 11.1 Å². The van der Waals surface area contributed by atoms with Gasteiger partial charge in [-0.05, 0) is 23.8 Å². The van der Waals surface area contributed by atoms with Crippen molar-refractivity contribution in [3.63, 3.8) is 0 Å². The smallest absolute Gasteiger partial charge is 0.320 e. The number of carboxylic acids is 1. The second-order valence-corrected chi connectivity index (χ2v) is 4.26. The minimum atomic E-state index is -0.955. The highest BCUT2D eigenvalue weighted by atomic mass is 32.2. The Hall–Kier alpha value is -1.00. The van der Waals surface area contributed by atoms with Gasteiger partial charge >= 0.3 is 5.97 Å². The topological polar surface area (TPSA) is 63.3 Å². The molecule has 3 nitrogen and oxygen atoms in total. The fourth-order valence-corrected chi connectivity index (χ4v) is 1.81. The molecule has 0 radical (unpaired) electrons. The summed E-state index contributed by atoms with van der Waals surface area (Å²) in [6.45, 7) is 0. The summed E-state index contributed by atoms with van der Waals surface area (Å²) in [6.07, 6.45) is 2.43. The highest BCUT2D eigenvalue weighted by Gasteiger charge is 2.11. The van der Waals surface area contributed by atoms with Gasteiger partial charge in [-0.25, -0.2) is 0 Å². The molecule has 15 heavy (non-hydrogen) atoms. The third-order valence-electron chi connectivity index (χ3n) is 2.11. The minimum absolute atomic E-state index is 0.384. The molecule has 1 aromatic carbocycles. The first kappa shape index (κ1) is 12.1. The minimum Gasteiger partial charge on any atom is -0.480 e. The van der Waals surface area contributed by atoms with Crippen molar-refractivity contribution in [3.05, 3.63) is 35.4 Å². The van der Waals surface area contributed by atoms with Gasteiger partial charge in [0.05, 0.1) is 0 Å². The average molecular weight is 225 g/mol. The number of carbonyl (C=O) groups is 1. The zero-order chi connectivity index (χ0) is 11.3. The first-order chi connectivity index (χ1) is 7.13. The van der Waals surface area contributed by atoms with Crippen LogP contribution in [0.25, 0.3) is 0 Å². The molecular weight excluding hydrogens is 210 g/mol. The molecule has 3 N–H and O–H groups in total. The maximum atomic E-state index is 10.5. The van der Waals surface area contributed by atoms with E-state index in [1.54, 1.807) is 11.8 Å². The van der Waals surface area contributed by atoms with E-state index in [1.807, 2.05) is 30.5 Å². The number of nitrogens with two attached hydrogens (primary N) is 1. The lowest BCUT2D eigenvalue weighted by atomic mass is 10.1. The van der Waals surface area contributed by atoms with E-state index in [4.69, 9.17) is 10.8 Å². The Kier molecular flexibility index (Phi) is 4.65. The molecule has 0 bridgehead atoms. The Bertz CT molecular complexity index is 324. The van der Waals surface area contributed by atoms with E-state index in [2.05, 4.69) is 0 Å². The fourth-order valence-electron chi connectivity index (χ4n) is 1.28. The van der Waals surface area contributed by atoms with E-state index in [9.17, 15) is 4.79 Å². The van der Waals surface area contributed by atoms with Gasteiger partial charge in [0.2, 0.25) is 0 Å². The van der Waals surface area contributed by atoms with Crippen LogP contribution in [0.4, 0.5) is 0 Å². The molecule has 0 aromatic heterocycles. The fraction of sp³-hybridized carbons (Fsp3) is 0.364. The van der Waals surface area contributed by atoms with Crippen LogP contribution in [0.15, 0.2) is 24.3 Å². The van der Waals surface area contributed by atoms with Crippen LogP contribution in [0, 0.1) is 0 Å². The van der Waals surface area contributed by atoms with Crippen molar-refractivity contribution in [2.24, 2.45) is 5.73 Å². The predicted molar refractivity (Wildman–Crippen MR) is 63.0 cm³/mol.